The third-order valence-electron chi connectivity index (χ3n) is 3.99. The normalized spacial score (nSPS) is 17.9. The molecule has 1 aromatic carbocycles. The fraction of sp³-hybridized carbons (Fsp3) is 0.588. The quantitative estimate of drug-likeness (QED) is 0.792. The first kappa shape index (κ1) is 15.0. The van der Waals surface area contributed by atoms with Crippen LogP contribution in [-0.2, 0) is 12.0 Å². The lowest BCUT2D eigenvalue weighted by molar-refractivity contribution is 0.138. The van der Waals surface area contributed by atoms with E-state index in [0.717, 1.165) is 32.7 Å². The van der Waals surface area contributed by atoms with Crippen LogP contribution in [0.3, 0.4) is 0 Å². The first-order valence-electron chi connectivity index (χ1n) is 7.40. The number of hydrogen-bond donors (Lipinski definition) is 0. The highest BCUT2D eigenvalue weighted by atomic mass is 15.3. The standard InChI is InChI=1S/C17H25N3/c1-17(2,3)16-6-4-15(5-7-16)14-20-12-10-19(9-8-18)11-13-20/h4-7H,9-14H2,1-3H3. The van der Waals surface area contributed by atoms with Gasteiger partial charge in [0.1, 0.15) is 0 Å². The summed E-state index contributed by atoms with van der Waals surface area (Å²) in [6, 6.07) is 11.2. The molecule has 0 aromatic heterocycles. The van der Waals surface area contributed by atoms with Gasteiger partial charge in [0.15, 0.2) is 0 Å². The Labute approximate surface area is 122 Å². The van der Waals surface area contributed by atoms with E-state index in [1.807, 2.05) is 0 Å². The van der Waals surface area contributed by atoms with Gasteiger partial charge in [-0.15, -0.1) is 0 Å². The maximum absolute atomic E-state index is 8.71. The first-order chi connectivity index (χ1) is 9.49. The van der Waals surface area contributed by atoms with Crippen molar-refractivity contribution < 1.29 is 0 Å². The van der Waals surface area contributed by atoms with Gasteiger partial charge < -0.3 is 0 Å². The predicted molar refractivity (Wildman–Crippen MR) is 82.5 cm³/mol. The van der Waals surface area contributed by atoms with Gasteiger partial charge in [0, 0.05) is 32.7 Å². The van der Waals surface area contributed by atoms with E-state index in [-0.39, 0.29) is 5.41 Å². The zero-order valence-electron chi connectivity index (χ0n) is 12.9. The maximum Gasteiger partial charge on any atom is 0.0866 e. The lowest BCUT2D eigenvalue weighted by Crippen LogP contribution is -2.45. The van der Waals surface area contributed by atoms with Crippen LogP contribution < -0.4 is 0 Å². The summed E-state index contributed by atoms with van der Waals surface area (Å²) in [5.74, 6) is 0. The largest absolute Gasteiger partial charge is 0.297 e. The summed E-state index contributed by atoms with van der Waals surface area (Å²) in [6.45, 7) is 12.5. The van der Waals surface area contributed by atoms with Gasteiger partial charge in [-0.3, -0.25) is 9.80 Å². The van der Waals surface area contributed by atoms with Gasteiger partial charge >= 0.3 is 0 Å². The van der Waals surface area contributed by atoms with Gasteiger partial charge in [-0.1, -0.05) is 45.0 Å². The minimum atomic E-state index is 0.224. The molecule has 0 radical (unpaired) electrons. The lowest BCUT2D eigenvalue weighted by atomic mass is 9.87. The van der Waals surface area contributed by atoms with Crippen LogP contribution in [0.25, 0.3) is 0 Å². The number of nitriles is 1. The van der Waals surface area contributed by atoms with Crippen molar-refractivity contribution in [1.29, 1.82) is 5.26 Å². The Morgan fingerprint density at radius 2 is 1.55 bits per heavy atom. The van der Waals surface area contributed by atoms with Crippen molar-refractivity contribution in [2.45, 2.75) is 32.7 Å². The van der Waals surface area contributed by atoms with E-state index in [0.29, 0.717) is 6.54 Å². The smallest absolute Gasteiger partial charge is 0.0866 e. The molecule has 0 spiro atoms. The first-order valence-corrected chi connectivity index (χ1v) is 7.40. The van der Waals surface area contributed by atoms with E-state index in [9.17, 15) is 0 Å². The highest BCUT2D eigenvalue weighted by Gasteiger charge is 2.17. The van der Waals surface area contributed by atoms with Crippen molar-refractivity contribution >= 4 is 0 Å². The Morgan fingerprint density at radius 3 is 2.05 bits per heavy atom. The van der Waals surface area contributed by atoms with Gasteiger partial charge in [-0.05, 0) is 16.5 Å². The molecule has 0 aliphatic carbocycles. The van der Waals surface area contributed by atoms with Gasteiger partial charge in [-0.25, -0.2) is 0 Å². The molecule has 2 rings (SSSR count). The molecule has 1 aliphatic heterocycles. The Bertz CT molecular complexity index is 456. The molecular weight excluding hydrogens is 246 g/mol. The molecule has 0 unspecified atom stereocenters. The van der Waals surface area contributed by atoms with Crippen LogP contribution in [0.1, 0.15) is 31.9 Å². The molecule has 108 valence electrons. The summed E-state index contributed by atoms with van der Waals surface area (Å²) in [7, 11) is 0. The molecule has 0 saturated carbocycles. The summed E-state index contributed by atoms with van der Waals surface area (Å²) in [5.41, 5.74) is 2.99. The second-order valence-electron chi connectivity index (χ2n) is 6.66. The van der Waals surface area contributed by atoms with Crippen LogP contribution in [0.5, 0.6) is 0 Å². The molecule has 1 aromatic rings. The minimum Gasteiger partial charge on any atom is -0.297 e. The number of rotatable bonds is 3. The Morgan fingerprint density at radius 1 is 1.00 bits per heavy atom. The van der Waals surface area contributed by atoms with Crippen LogP contribution in [-0.4, -0.2) is 42.5 Å². The predicted octanol–water partition coefficient (Wildman–Crippen LogP) is 2.63. The molecule has 0 amide bonds. The summed E-state index contributed by atoms with van der Waals surface area (Å²) < 4.78 is 0. The Kier molecular flexibility index (Phi) is 4.80. The molecule has 1 saturated heterocycles. The Balaban J connectivity index is 1.87. The molecule has 1 aliphatic rings. The molecule has 0 N–H and O–H groups in total. The van der Waals surface area contributed by atoms with E-state index in [1.165, 1.54) is 11.1 Å². The van der Waals surface area contributed by atoms with E-state index in [4.69, 9.17) is 5.26 Å². The van der Waals surface area contributed by atoms with Crippen LogP contribution in [0.4, 0.5) is 0 Å². The van der Waals surface area contributed by atoms with Gasteiger partial charge in [0.2, 0.25) is 0 Å². The highest BCUT2D eigenvalue weighted by molar-refractivity contribution is 5.27. The Hall–Kier alpha value is -1.37. The van der Waals surface area contributed by atoms with Gasteiger partial charge in [0.05, 0.1) is 12.6 Å². The third-order valence-corrected chi connectivity index (χ3v) is 3.99. The topological polar surface area (TPSA) is 30.3 Å². The molecule has 3 heteroatoms. The highest BCUT2D eigenvalue weighted by Crippen LogP contribution is 2.22. The second kappa shape index (κ2) is 6.39. The van der Waals surface area contributed by atoms with Crippen molar-refractivity contribution in [3.05, 3.63) is 35.4 Å². The van der Waals surface area contributed by atoms with Crippen molar-refractivity contribution in [3.8, 4) is 6.07 Å². The fourth-order valence-electron chi connectivity index (χ4n) is 2.57. The molecule has 0 atom stereocenters. The number of benzene rings is 1. The van der Waals surface area contributed by atoms with E-state index < -0.39 is 0 Å². The third kappa shape index (κ3) is 4.06. The van der Waals surface area contributed by atoms with E-state index >= 15 is 0 Å². The molecule has 0 bridgehead atoms. The van der Waals surface area contributed by atoms with Crippen molar-refractivity contribution in [3.63, 3.8) is 0 Å². The summed E-state index contributed by atoms with van der Waals surface area (Å²) >= 11 is 0. The van der Waals surface area contributed by atoms with E-state index in [1.54, 1.807) is 0 Å². The average Bonchev–Trinajstić information content (AvgIpc) is 2.41. The van der Waals surface area contributed by atoms with Crippen LogP contribution in [0, 0.1) is 11.3 Å². The SMILES string of the molecule is CC(C)(C)c1ccc(CN2CCN(CC#N)CC2)cc1. The van der Waals surface area contributed by atoms with Gasteiger partial charge in [-0.2, -0.15) is 5.26 Å². The maximum atomic E-state index is 8.71. The molecule has 3 nitrogen and oxygen atoms in total. The van der Waals surface area contributed by atoms with Crippen LogP contribution >= 0.6 is 0 Å². The molecule has 1 heterocycles. The minimum absolute atomic E-state index is 0.224. The van der Waals surface area contributed by atoms with Gasteiger partial charge in [0.25, 0.3) is 0 Å². The molecular formula is C17H25N3. The average molecular weight is 271 g/mol. The van der Waals surface area contributed by atoms with Crippen molar-refractivity contribution in [1.82, 2.24) is 9.80 Å². The molecule has 1 fully saturated rings. The summed E-state index contributed by atoms with van der Waals surface area (Å²) in [4.78, 5) is 4.69. The fourth-order valence-corrected chi connectivity index (χ4v) is 2.57. The lowest BCUT2D eigenvalue weighted by Gasteiger charge is -2.33. The molecule has 20 heavy (non-hydrogen) atoms. The summed E-state index contributed by atoms with van der Waals surface area (Å²) in [6.07, 6.45) is 0. The van der Waals surface area contributed by atoms with Crippen LogP contribution in [0.2, 0.25) is 0 Å². The number of hydrogen-bond acceptors (Lipinski definition) is 3. The van der Waals surface area contributed by atoms with E-state index in [2.05, 4.69) is 60.9 Å². The number of nitrogens with zero attached hydrogens (tertiary/aromatic N) is 3. The zero-order valence-corrected chi connectivity index (χ0v) is 12.9. The second-order valence-corrected chi connectivity index (χ2v) is 6.66. The van der Waals surface area contributed by atoms with Crippen molar-refractivity contribution in [2.24, 2.45) is 0 Å². The monoisotopic (exact) mass is 271 g/mol. The zero-order chi connectivity index (χ0) is 14.6. The van der Waals surface area contributed by atoms with Crippen LogP contribution in [0.15, 0.2) is 24.3 Å². The van der Waals surface area contributed by atoms with Crippen molar-refractivity contribution in [2.75, 3.05) is 32.7 Å². The number of piperazine rings is 1. The summed E-state index contributed by atoms with van der Waals surface area (Å²) in [5, 5.41) is 8.71.